The van der Waals surface area contributed by atoms with Gasteiger partial charge in [0.25, 0.3) is 0 Å². The molecule has 1 aromatic carbocycles. The van der Waals surface area contributed by atoms with E-state index in [1.807, 2.05) is 0 Å². The number of oxime groups is 1. The second-order valence-corrected chi connectivity index (χ2v) is 9.33. The third-order valence-corrected chi connectivity index (χ3v) is 7.39. The van der Waals surface area contributed by atoms with Gasteiger partial charge in [-0.1, -0.05) is 11.2 Å². The molecule has 180 valence electrons. The lowest BCUT2D eigenvalue weighted by molar-refractivity contribution is -0.142. The van der Waals surface area contributed by atoms with Gasteiger partial charge in [-0.2, -0.15) is 0 Å². The monoisotopic (exact) mass is 468 g/mol. The highest BCUT2D eigenvalue weighted by molar-refractivity contribution is 6.06. The summed E-state index contributed by atoms with van der Waals surface area (Å²) in [7, 11) is 0. The average molecular weight is 469 g/mol. The number of amides is 2. The van der Waals surface area contributed by atoms with Crippen molar-refractivity contribution in [1.82, 2.24) is 4.90 Å². The first-order valence-electron chi connectivity index (χ1n) is 11.7. The van der Waals surface area contributed by atoms with E-state index in [4.69, 9.17) is 20.7 Å². The second-order valence-electron chi connectivity index (χ2n) is 9.33. The number of rotatable bonds is 6. The van der Waals surface area contributed by atoms with Crippen molar-refractivity contribution in [3.63, 3.8) is 0 Å². The molecule has 2 N–H and O–H groups in total. The molecule has 2 saturated carbocycles. The summed E-state index contributed by atoms with van der Waals surface area (Å²) in [5, 5.41) is 25.7. The van der Waals surface area contributed by atoms with Gasteiger partial charge >= 0.3 is 0 Å². The van der Waals surface area contributed by atoms with E-state index in [9.17, 15) is 19.8 Å². The van der Waals surface area contributed by atoms with Gasteiger partial charge in [-0.15, -0.1) is 12.3 Å². The fraction of sp³-hybridized carbons (Fsp3) is 0.560. The normalized spacial score (nSPS) is 33.0. The minimum Gasteiger partial charge on any atom is -0.454 e. The summed E-state index contributed by atoms with van der Waals surface area (Å²) in [5.41, 5.74) is 1.39. The Morgan fingerprint density at radius 3 is 2.76 bits per heavy atom. The van der Waals surface area contributed by atoms with Crippen molar-refractivity contribution in [2.75, 3.05) is 13.4 Å². The number of hydrogen-bond donors (Lipinski definition) is 2. The lowest BCUT2D eigenvalue weighted by Crippen LogP contribution is -2.54. The molecule has 0 bridgehead atoms. The van der Waals surface area contributed by atoms with Crippen molar-refractivity contribution in [2.45, 2.75) is 50.9 Å². The molecule has 3 fully saturated rings. The Morgan fingerprint density at radius 1 is 1.15 bits per heavy atom. The van der Waals surface area contributed by atoms with Gasteiger partial charge in [0.1, 0.15) is 6.61 Å². The van der Waals surface area contributed by atoms with Crippen LogP contribution in [0.5, 0.6) is 11.5 Å². The molecular weight excluding hydrogens is 440 g/mol. The number of fused-ring (bicyclic) bond motifs is 4. The first kappa shape index (κ1) is 22.7. The largest absolute Gasteiger partial charge is 0.454 e. The fourth-order valence-electron chi connectivity index (χ4n) is 5.78. The maximum Gasteiger partial charge on any atom is 0.233 e. The topological polar surface area (TPSA) is 118 Å². The molecule has 0 radical (unpaired) electrons. The smallest absolute Gasteiger partial charge is 0.233 e. The SMILES string of the molecule is C#CCCCON=C1C[C@@H](O)[C@@H](O)[C@@H]2[C@@H]3C(=O)N(Cc4ccc5c(c4)OCO5)C(=O)[C@@H]3CC[C@@H]12. The number of nitrogens with zero attached hydrogens (tertiary/aromatic N) is 2. The lowest BCUT2D eigenvalue weighted by Gasteiger charge is -2.45. The lowest BCUT2D eigenvalue weighted by atomic mass is 9.60. The standard InChI is InChI=1S/C25H28N2O7/c1-2-3-4-9-34-26-17-11-18(28)23(29)21-15(17)6-7-16-22(21)25(31)27(24(16)30)12-14-5-8-19-20(10-14)33-13-32-19/h1,5,8,10,15-16,18,21-23,28-29H,3-4,6-7,9,11-13H2/t15-,16+,18+,21-,22+,23+/m0/s1. The molecule has 0 spiro atoms. The van der Waals surface area contributed by atoms with Gasteiger partial charge in [-0.25, -0.2) is 0 Å². The molecule has 9 heteroatoms. The highest BCUT2D eigenvalue weighted by Crippen LogP contribution is 2.50. The summed E-state index contributed by atoms with van der Waals surface area (Å²) in [6, 6.07) is 5.34. The number of terminal acetylenes is 1. The van der Waals surface area contributed by atoms with Crippen molar-refractivity contribution in [1.29, 1.82) is 0 Å². The Bertz CT molecular complexity index is 1050. The molecule has 5 rings (SSSR count). The van der Waals surface area contributed by atoms with Crippen LogP contribution < -0.4 is 9.47 Å². The van der Waals surface area contributed by atoms with Gasteiger partial charge in [-0.3, -0.25) is 14.5 Å². The van der Waals surface area contributed by atoms with Gasteiger partial charge in [0.15, 0.2) is 11.5 Å². The summed E-state index contributed by atoms with van der Waals surface area (Å²) in [4.78, 5) is 33.4. The van der Waals surface area contributed by atoms with Crippen molar-refractivity contribution in [2.24, 2.45) is 28.8 Å². The van der Waals surface area contributed by atoms with E-state index >= 15 is 0 Å². The van der Waals surface area contributed by atoms with Crippen molar-refractivity contribution < 1.29 is 34.1 Å². The molecule has 2 amide bonds. The van der Waals surface area contributed by atoms with Crippen LogP contribution in [0.3, 0.4) is 0 Å². The zero-order valence-corrected chi connectivity index (χ0v) is 18.8. The van der Waals surface area contributed by atoms with Gasteiger partial charge < -0.3 is 24.5 Å². The van der Waals surface area contributed by atoms with Crippen LogP contribution in [-0.2, 0) is 21.0 Å². The quantitative estimate of drug-likeness (QED) is 0.281. The number of ether oxygens (including phenoxy) is 2. The van der Waals surface area contributed by atoms with E-state index in [-0.39, 0.29) is 37.5 Å². The summed E-state index contributed by atoms with van der Waals surface area (Å²) in [6.07, 6.45) is 5.62. The summed E-state index contributed by atoms with van der Waals surface area (Å²) in [5.74, 6) is 1.18. The minimum absolute atomic E-state index is 0.122. The Hall–Kier alpha value is -3.09. The molecule has 0 unspecified atom stereocenters. The van der Waals surface area contributed by atoms with Gasteiger partial charge in [-0.05, 0) is 37.0 Å². The fourth-order valence-corrected chi connectivity index (χ4v) is 5.78. The van der Waals surface area contributed by atoms with Crippen LogP contribution in [0.2, 0.25) is 0 Å². The molecule has 4 aliphatic rings. The first-order chi connectivity index (χ1) is 16.5. The molecule has 1 saturated heterocycles. The number of unbranched alkanes of at least 4 members (excludes halogenated alkanes) is 1. The number of aliphatic hydroxyl groups is 2. The third kappa shape index (κ3) is 3.91. The Labute approximate surface area is 197 Å². The first-order valence-corrected chi connectivity index (χ1v) is 11.7. The molecule has 0 aromatic heterocycles. The average Bonchev–Trinajstić information content (AvgIpc) is 3.40. The van der Waals surface area contributed by atoms with Crippen LogP contribution in [0.25, 0.3) is 0 Å². The number of carbonyl (C=O) groups is 2. The Balaban J connectivity index is 1.35. The second kappa shape index (κ2) is 9.28. The van der Waals surface area contributed by atoms with E-state index in [1.165, 1.54) is 4.90 Å². The van der Waals surface area contributed by atoms with Crippen LogP contribution in [0, 0.1) is 36.0 Å². The van der Waals surface area contributed by atoms with Crippen LogP contribution in [0.4, 0.5) is 0 Å². The van der Waals surface area contributed by atoms with E-state index < -0.39 is 30.0 Å². The summed E-state index contributed by atoms with van der Waals surface area (Å²) < 4.78 is 10.7. The van der Waals surface area contributed by atoms with Crippen molar-refractivity contribution in [3.05, 3.63) is 23.8 Å². The molecule has 2 heterocycles. The predicted octanol–water partition coefficient (Wildman–Crippen LogP) is 1.45. The van der Waals surface area contributed by atoms with Crippen LogP contribution in [-0.4, -0.2) is 58.2 Å². The number of carbonyl (C=O) groups excluding carboxylic acids is 2. The zero-order valence-electron chi connectivity index (χ0n) is 18.8. The zero-order chi connectivity index (χ0) is 23.8. The van der Waals surface area contributed by atoms with E-state index in [1.54, 1.807) is 18.2 Å². The molecular formula is C25H28N2O7. The molecule has 34 heavy (non-hydrogen) atoms. The van der Waals surface area contributed by atoms with Gasteiger partial charge in [0.2, 0.25) is 18.6 Å². The number of hydrogen-bond acceptors (Lipinski definition) is 8. The Morgan fingerprint density at radius 2 is 1.94 bits per heavy atom. The van der Waals surface area contributed by atoms with Crippen LogP contribution in [0.1, 0.15) is 37.7 Å². The number of benzene rings is 1. The van der Waals surface area contributed by atoms with E-state index in [0.717, 1.165) is 5.56 Å². The van der Waals surface area contributed by atoms with E-state index in [2.05, 4.69) is 11.1 Å². The van der Waals surface area contributed by atoms with Crippen LogP contribution >= 0.6 is 0 Å². The van der Waals surface area contributed by atoms with Crippen molar-refractivity contribution in [3.8, 4) is 23.8 Å². The van der Waals surface area contributed by atoms with Crippen LogP contribution in [0.15, 0.2) is 23.4 Å². The number of imide groups is 1. The summed E-state index contributed by atoms with van der Waals surface area (Å²) in [6.45, 7) is 0.623. The molecule has 2 aliphatic heterocycles. The molecule has 1 aromatic rings. The Kier molecular flexibility index (Phi) is 6.19. The third-order valence-electron chi connectivity index (χ3n) is 7.39. The van der Waals surface area contributed by atoms with Gasteiger partial charge in [0.05, 0.1) is 36.3 Å². The van der Waals surface area contributed by atoms with Gasteiger partial charge in [0, 0.05) is 24.7 Å². The maximum atomic E-state index is 13.5. The van der Waals surface area contributed by atoms with E-state index in [0.29, 0.717) is 49.5 Å². The summed E-state index contributed by atoms with van der Waals surface area (Å²) >= 11 is 0. The van der Waals surface area contributed by atoms with Crippen molar-refractivity contribution >= 4 is 17.5 Å². The highest BCUT2D eigenvalue weighted by atomic mass is 16.7. The number of aliphatic hydroxyl groups excluding tert-OH is 2. The maximum absolute atomic E-state index is 13.5. The molecule has 2 aliphatic carbocycles. The predicted molar refractivity (Wildman–Crippen MR) is 119 cm³/mol. The molecule has 9 nitrogen and oxygen atoms in total. The highest BCUT2D eigenvalue weighted by Gasteiger charge is 2.59. The number of likely N-dealkylation sites (tertiary alicyclic amines) is 1. The minimum atomic E-state index is -1.11. The molecule has 6 atom stereocenters.